The lowest BCUT2D eigenvalue weighted by molar-refractivity contribution is -0.115. The highest BCUT2D eigenvalue weighted by Crippen LogP contribution is 2.27. The van der Waals surface area contributed by atoms with E-state index in [9.17, 15) is 4.79 Å². The van der Waals surface area contributed by atoms with E-state index in [0.717, 1.165) is 23.0 Å². The minimum atomic E-state index is -0.00519. The zero-order valence-corrected chi connectivity index (χ0v) is 11.7. The van der Waals surface area contributed by atoms with Gasteiger partial charge < -0.3 is 10.6 Å². The third-order valence-corrected chi connectivity index (χ3v) is 3.68. The van der Waals surface area contributed by atoms with Crippen LogP contribution in [0.15, 0.2) is 0 Å². The monoisotopic (exact) mass is 275 g/mol. The summed E-state index contributed by atoms with van der Waals surface area (Å²) in [4.78, 5) is 16.9. The normalized spacial score (nSPS) is 14.2. The second-order valence-electron chi connectivity index (χ2n) is 4.28. The smallest absolute Gasteiger partial charge is 0.240 e. The van der Waals surface area contributed by atoms with E-state index in [0.29, 0.717) is 11.7 Å². The number of anilines is 1. The second-order valence-corrected chi connectivity index (χ2v) is 5.49. The van der Waals surface area contributed by atoms with Gasteiger partial charge >= 0.3 is 0 Å². The molecule has 1 amide bonds. The number of nitrogens with zero attached hydrogens (tertiary/aromatic N) is 1. The van der Waals surface area contributed by atoms with E-state index < -0.39 is 0 Å². The summed E-state index contributed by atoms with van der Waals surface area (Å²) in [5.74, 6) is 0.798. The molecule has 0 bridgehead atoms. The first kappa shape index (κ1) is 14.4. The number of hydrogen-bond donors (Lipinski definition) is 2. The second kappa shape index (κ2) is 6.33. The molecule has 6 heteroatoms. The largest absolute Gasteiger partial charge is 0.308 e. The van der Waals surface area contributed by atoms with Crippen molar-refractivity contribution in [2.24, 2.45) is 5.92 Å². The summed E-state index contributed by atoms with van der Waals surface area (Å²) in [7, 11) is 0. The minimum Gasteiger partial charge on any atom is -0.308 e. The molecule has 0 saturated heterocycles. The van der Waals surface area contributed by atoms with E-state index in [1.54, 1.807) is 0 Å². The molecule has 4 nitrogen and oxygen atoms in total. The Hall–Kier alpha value is -0.650. The van der Waals surface area contributed by atoms with Gasteiger partial charge in [-0.15, -0.1) is 23.7 Å². The number of hydrogen-bond acceptors (Lipinski definition) is 4. The third-order valence-electron chi connectivity index (χ3n) is 2.69. The van der Waals surface area contributed by atoms with Crippen LogP contribution in [-0.4, -0.2) is 24.0 Å². The third kappa shape index (κ3) is 4.61. The molecule has 0 atom stereocenters. The molecule has 0 radical (unpaired) electrons. The van der Waals surface area contributed by atoms with Gasteiger partial charge in [0.25, 0.3) is 0 Å². The number of nitrogens with one attached hydrogen (secondary N) is 2. The first-order valence-electron chi connectivity index (χ1n) is 5.59. The summed E-state index contributed by atoms with van der Waals surface area (Å²) in [6.07, 6.45) is 2.61. The average molecular weight is 276 g/mol. The van der Waals surface area contributed by atoms with Gasteiger partial charge in [0.05, 0.1) is 12.2 Å². The van der Waals surface area contributed by atoms with E-state index in [-0.39, 0.29) is 18.3 Å². The molecule has 2 rings (SSSR count). The quantitative estimate of drug-likeness (QED) is 0.865. The Kier molecular flexibility index (Phi) is 5.36. The van der Waals surface area contributed by atoms with Gasteiger partial charge in [0.15, 0.2) is 5.13 Å². The standard InChI is InChI=1S/C11H17N3OS.ClH/c1-7-8(2)16-11(13-7)14-10(15)6-12-5-9-3-4-9;/h9,12H,3-6H2,1-2H3,(H,13,14,15);1H. The molecule has 1 aromatic heterocycles. The molecule has 1 heterocycles. The zero-order chi connectivity index (χ0) is 11.5. The van der Waals surface area contributed by atoms with Crippen LogP contribution in [0.1, 0.15) is 23.4 Å². The molecule has 2 N–H and O–H groups in total. The molecule has 1 aliphatic rings. The highest BCUT2D eigenvalue weighted by atomic mass is 35.5. The maximum atomic E-state index is 11.5. The lowest BCUT2D eigenvalue weighted by atomic mass is 10.4. The first-order valence-corrected chi connectivity index (χ1v) is 6.41. The van der Waals surface area contributed by atoms with Crippen molar-refractivity contribution in [3.8, 4) is 0 Å². The predicted octanol–water partition coefficient (Wildman–Crippen LogP) is 2.12. The van der Waals surface area contributed by atoms with Crippen LogP contribution in [0.25, 0.3) is 0 Å². The maximum absolute atomic E-state index is 11.5. The van der Waals surface area contributed by atoms with Gasteiger partial charge in [-0.2, -0.15) is 0 Å². The highest BCUT2D eigenvalue weighted by Gasteiger charge is 2.20. The van der Waals surface area contributed by atoms with Gasteiger partial charge in [0.1, 0.15) is 0 Å². The zero-order valence-electron chi connectivity index (χ0n) is 10.1. The highest BCUT2D eigenvalue weighted by molar-refractivity contribution is 7.15. The van der Waals surface area contributed by atoms with Crippen molar-refractivity contribution in [1.29, 1.82) is 0 Å². The summed E-state index contributed by atoms with van der Waals surface area (Å²) in [6.45, 7) is 5.30. The first-order chi connectivity index (χ1) is 7.65. The Bertz CT molecular complexity index is 371. The van der Waals surface area contributed by atoms with Gasteiger partial charge in [-0.1, -0.05) is 0 Å². The number of aryl methyl sites for hydroxylation is 2. The number of carbonyl (C=O) groups is 1. The number of halogens is 1. The van der Waals surface area contributed by atoms with Crippen molar-refractivity contribution >= 4 is 34.8 Å². The molecule has 0 aliphatic heterocycles. The van der Waals surface area contributed by atoms with E-state index in [1.165, 1.54) is 24.2 Å². The van der Waals surface area contributed by atoms with Crippen LogP contribution in [-0.2, 0) is 4.79 Å². The van der Waals surface area contributed by atoms with Gasteiger partial charge in [-0.25, -0.2) is 4.98 Å². The van der Waals surface area contributed by atoms with Crippen LogP contribution in [0.2, 0.25) is 0 Å². The maximum Gasteiger partial charge on any atom is 0.240 e. The molecule has 1 fully saturated rings. The van der Waals surface area contributed by atoms with E-state index >= 15 is 0 Å². The summed E-state index contributed by atoms with van der Waals surface area (Å²) in [5.41, 5.74) is 0.992. The molecule has 1 aromatic rings. The molecular weight excluding hydrogens is 258 g/mol. The van der Waals surface area contributed by atoms with Gasteiger partial charge in [-0.3, -0.25) is 4.79 Å². The fraction of sp³-hybridized carbons (Fsp3) is 0.636. The number of carbonyl (C=O) groups excluding carboxylic acids is 1. The van der Waals surface area contributed by atoms with Crippen LogP contribution in [0.5, 0.6) is 0 Å². The van der Waals surface area contributed by atoms with Crippen LogP contribution in [0.3, 0.4) is 0 Å². The van der Waals surface area contributed by atoms with Crippen LogP contribution in [0, 0.1) is 19.8 Å². The van der Waals surface area contributed by atoms with Crippen molar-refractivity contribution in [2.45, 2.75) is 26.7 Å². The van der Waals surface area contributed by atoms with Gasteiger partial charge in [0, 0.05) is 4.88 Å². The van der Waals surface area contributed by atoms with Crippen molar-refractivity contribution in [1.82, 2.24) is 10.3 Å². The van der Waals surface area contributed by atoms with Crippen molar-refractivity contribution in [3.63, 3.8) is 0 Å². The number of rotatable bonds is 5. The molecule has 0 spiro atoms. The Morgan fingerprint density at radius 2 is 2.18 bits per heavy atom. The van der Waals surface area contributed by atoms with Crippen LogP contribution in [0.4, 0.5) is 5.13 Å². The van der Waals surface area contributed by atoms with Crippen molar-refractivity contribution in [2.75, 3.05) is 18.4 Å². The fourth-order valence-electron chi connectivity index (χ4n) is 1.40. The molecule has 0 unspecified atom stereocenters. The summed E-state index contributed by atoms with van der Waals surface area (Å²) in [5, 5.41) is 6.66. The van der Waals surface area contributed by atoms with E-state index in [1.807, 2.05) is 13.8 Å². The van der Waals surface area contributed by atoms with Crippen LogP contribution < -0.4 is 10.6 Å². The van der Waals surface area contributed by atoms with E-state index in [2.05, 4.69) is 15.6 Å². The Labute approximate surface area is 112 Å². The summed E-state index contributed by atoms with van der Waals surface area (Å²) < 4.78 is 0. The lowest BCUT2D eigenvalue weighted by Crippen LogP contribution is -2.29. The molecular formula is C11H18ClN3OS. The minimum absolute atomic E-state index is 0. The molecule has 1 aliphatic carbocycles. The fourth-order valence-corrected chi connectivity index (χ4v) is 2.23. The average Bonchev–Trinajstić information content (AvgIpc) is 2.96. The Morgan fingerprint density at radius 3 is 2.71 bits per heavy atom. The number of thiazole rings is 1. The van der Waals surface area contributed by atoms with Gasteiger partial charge in [-0.05, 0) is 39.2 Å². The van der Waals surface area contributed by atoms with Gasteiger partial charge in [0.2, 0.25) is 5.91 Å². The molecule has 1 saturated carbocycles. The number of aromatic nitrogens is 1. The summed E-state index contributed by atoms with van der Waals surface area (Å²) in [6, 6.07) is 0. The summed E-state index contributed by atoms with van der Waals surface area (Å²) >= 11 is 1.52. The topological polar surface area (TPSA) is 54.0 Å². The molecule has 0 aromatic carbocycles. The SMILES string of the molecule is Cc1nc(NC(=O)CNCC2CC2)sc1C.Cl. The Balaban J connectivity index is 0.00000144. The van der Waals surface area contributed by atoms with Crippen molar-refractivity contribution < 1.29 is 4.79 Å². The molecule has 17 heavy (non-hydrogen) atoms. The lowest BCUT2D eigenvalue weighted by Gasteiger charge is -2.02. The van der Waals surface area contributed by atoms with Crippen LogP contribution >= 0.6 is 23.7 Å². The van der Waals surface area contributed by atoms with Crippen molar-refractivity contribution in [3.05, 3.63) is 10.6 Å². The van der Waals surface area contributed by atoms with E-state index in [4.69, 9.17) is 0 Å². The Morgan fingerprint density at radius 1 is 1.47 bits per heavy atom. The number of amides is 1. The predicted molar refractivity (Wildman–Crippen MR) is 73.1 cm³/mol. The molecule has 96 valence electrons.